The van der Waals surface area contributed by atoms with Crippen molar-refractivity contribution in [3.8, 4) is 0 Å². The Morgan fingerprint density at radius 3 is 3.06 bits per heavy atom. The van der Waals surface area contributed by atoms with Crippen molar-refractivity contribution < 1.29 is 32.7 Å². The maximum Gasteiger partial charge on any atom is 0.112 e. The van der Waals surface area contributed by atoms with E-state index >= 15 is 0 Å². The molecule has 1 nitrogen and oxygen atoms in total. The second-order valence-electron chi connectivity index (χ2n) is 3.26. The fourth-order valence-electron chi connectivity index (χ4n) is 1.76. The first kappa shape index (κ1) is 11.9. The maximum atomic E-state index is 5.59. The van der Waals surface area contributed by atoms with Crippen LogP contribution in [0.2, 0.25) is 0 Å². The van der Waals surface area contributed by atoms with E-state index in [1.807, 2.05) is 18.3 Å². The Labute approximate surface area is 123 Å². The number of fused-ring (bicyclic) bond motifs is 3. The summed E-state index contributed by atoms with van der Waals surface area (Å²) in [5.41, 5.74) is 0.951. The summed E-state index contributed by atoms with van der Waals surface area (Å²) in [6, 6.07) is 11.1. The fourth-order valence-corrected chi connectivity index (χ4v) is 2.82. The van der Waals surface area contributed by atoms with Gasteiger partial charge in [-0.05, 0) is 11.5 Å². The van der Waals surface area contributed by atoms with Gasteiger partial charge >= 0.3 is 0 Å². The van der Waals surface area contributed by atoms with Gasteiger partial charge in [0, 0.05) is 38.9 Å². The number of pyridine rings is 1. The molecule has 0 saturated carbocycles. The number of aromatic nitrogens is 1. The molecule has 1 aromatic carbocycles. The van der Waals surface area contributed by atoms with E-state index in [4.69, 9.17) is 6.58 Å². The van der Waals surface area contributed by atoms with Crippen molar-refractivity contribution >= 4 is 37.7 Å². The third kappa shape index (κ3) is 1.75. The summed E-state index contributed by atoms with van der Waals surface area (Å²) in [6.07, 6.45) is 3.41. The van der Waals surface area contributed by atoms with E-state index in [-0.39, 0.29) is 32.7 Å². The first-order valence-electron chi connectivity index (χ1n) is 4.63. The molecule has 2 aromatic heterocycles. The molecule has 0 aliphatic rings. The summed E-state index contributed by atoms with van der Waals surface area (Å²) in [4.78, 5) is 5.39. The van der Waals surface area contributed by atoms with Crippen LogP contribution in [0.5, 0.6) is 0 Å². The molecular formula is C13H7NSY-2. The predicted octanol–water partition coefficient (Wildman–Crippen LogP) is 3.69. The van der Waals surface area contributed by atoms with Crippen molar-refractivity contribution in [1.29, 1.82) is 0 Å². The molecule has 0 atom stereocenters. The Kier molecular flexibility index (Phi) is 3.53. The van der Waals surface area contributed by atoms with Crippen LogP contribution in [0.4, 0.5) is 0 Å². The van der Waals surface area contributed by atoms with Gasteiger partial charge in [-0.2, -0.15) is 11.5 Å². The number of nitrogens with zero attached hydrogens (tertiary/aromatic N) is 1. The number of benzene rings is 1. The number of thiophene rings is 1. The summed E-state index contributed by atoms with van der Waals surface area (Å²) in [5.74, 6) is 0. The largest absolute Gasteiger partial charge is 0.344 e. The zero-order valence-electron chi connectivity index (χ0n) is 8.47. The van der Waals surface area contributed by atoms with Gasteiger partial charge in [-0.1, -0.05) is 10.8 Å². The second kappa shape index (κ2) is 4.74. The predicted molar refractivity (Wildman–Crippen MR) is 64.7 cm³/mol. The molecule has 2 heterocycles. The monoisotopic (exact) mass is 298 g/mol. The SMILES string of the molecule is [CH-]=Cc1[c-]ccc2sc3ncccc3c12.[Y]. The van der Waals surface area contributed by atoms with Gasteiger partial charge in [-0.3, -0.25) is 5.56 Å². The summed E-state index contributed by atoms with van der Waals surface area (Å²) in [7, 11) is 0. The molecular weight excluding hydrogens is 291 g/mol. The van der Waals surface area contributed by atoms with Gasteiger partial charge in [0.25, 0.3) is 0 Å². The van der Waals surface area contributed by atoms with Gasteiger partial charge in [-0.25, -0.2) is 11.1 Å². The minimum Gasteiger partial charge on any atom is -0.344 e. The van der Waals surface area contributed by atoms with Crippen LogP contribution < -0.4 is 0 Å². The van der Waals surface area contributed by atoms with Crippen LogP contribution in [-0.2, 0) is 32.7 Å². The molecule has 0 bridgehead atoms. The molecule has 16 heavy (non-hydrogen) atoms. The van der Waals surface area contributed by atoms with E-state index in [0.29, 0.717) is 0 Å². The van der Waals surface area contributed by atoms with Crippen molar-refractivity contribution in [1.82, 2.24) is 4.98 Å². The smallest absolute Gasteiger partial charge is 0.112 e. The molecule has 0 spiro atoms. The average Bonchev–Trinajstić information content (AvgIpc) is 2.67. The molecule has 3 heteroatoms. The molecule has 0 saturated heterocycles. The quantitative estimate of drug-likeness (QED) is 0.624. The molecule has 0 aliphatic carbocycles. The van der Waals surface area contributed by atoms with Crippen molar-refractivity contribution in [2.75, 3.05) is 0 Å². The van der Waals surface area contributed by atoms with E-state index in [1.165, 1.54) is 4.70 Å². The van der Waals surface area contributed by atoms with Gasteiger partial charge in [0.05, 0.1) is 0 Å². The Morgan fingerprint density at radius 1 is 1.38 bits per heavy atom. The van der Waals surface area contributed by atoms with Gasteiger partial charge in [-0.15, -0.1) is 17.4 Å². The first-order valence-corrected chi connectivity index (χ1v) is 5.44. The van der Waals surface area contributed by atoms with Crippen LogP contribution in [0.3, 0.4) is 0 Å². The molecule has 3 aromatic rings. The molecule has 0 N–H and O–H groups in total. The number of rotatable bonds is 1. The van der Waals surface area contributed by atoms with Crippen molar-refractivity contribution in [3.05, 3.63) is 48.7 Å². The molecule has 0 fully saturated rings. The van der Waals surface area contributed by atoms with E-state index in [9.17, 15) is 0 Å². The molecule has 1 radical (unpaired) electrons. The molecule has 3 rings (SSSR count). The van der Waals surface area contributed by atoms with E-state index in [0.717, 1.165) is 21.2 Å². The standard InChI is InChI=1S/C13H7NS.Y/c1-2-9-5-3-7-11-12(9)10-6-4-8-14-13(10)15-11;/h1-4,6-8H;/q-2;. The van der Waals surface area contributed by atoms with Crippen molar-refractivity contribution in [2.24, 2.45) is 0 Å². The minimum absolute atomic E-state index is 0. The van der Waals surface area contributed by atoms with Crippen LogP contribution in [0.1, 0.15) is 5.56 Å². The number of hydrogen-bond donors (Lipinski definition) is 0. The fraction of sp³-hybridized carbons (Fsp3) is 0. The third-order valence-electron chi connectivity index (χ3n) is 2.40. The Hall–Kier alpha value is -0.566. The topological polar surface area (TPSA) is 12.9 Å². The average molecular weight is 298 g/mol. The van der Waals surface area contributed by atoms with E-state index < -0.39 is 0 Å². The van der Waals surface area contributed by atoms with Gasteiger partial charge in [0.2, 0.25) is 0 Å². The van der Waals surface area contributed by atoms with Gasteiger partial charge in [0.15, 0.2) is 0 Å². The Bertz CT molecular complexity index is 657. The minimum atomic E-state index is 0. The Balaban J connectivity index is 0.000000963. The first-order chi connectivity index (χ1) is 7.40. The molecule has 0 amide bonds. The third-order valence-corrected chi connectivity index (χ3v) is 3.48. The molecule has 75 valence electrons. The number of hydrogen-bond acceptors (Lipinski definition) is 2. The zero-order chi connectivity index (χ0) is 10.3. The Morgan fingerprint density at radius 2 is 2.25 bits per heavy atom. The van der Waals surface area contributed by atoms with Gasteiger partial charge in [0.1, 0.15) is 4.83 Å². The second-order valence-corrected chi connectivity index (χ2v) is 4.29. The maximum absolute atomic E-state index is 5.59. The van der Waals surface area contributed by atoms with Crippen molar-refractivity contribution in [3.63, 3.8) is 0 Å². The van der Waals surface area contributed by atoms with Crippen molar-refractivity contribution in [2.45, 2.75) is 0 Å². The summed E-state index contributed by atoms with van der Waals surface area (Å²) in [5, 5.41) is 2.32. The molecule has 0 aliphatic heterocycles. The van der Waals surface area contributed by atoms with E-state index in [1.54, 1.807) is 17.4 Å². The molecule has 0 unspecified atom stereocenters. The zero-order valence-corrected chi connectivity index (χ0v) is 12.1. The van der Waals surface area contributed by atoms with Crippen LogP contribution >= 0.6 is 11.3 Å². The van der Waals surface area contributed by atoms with Crippen LogP contribution in [-0.4, -0.2) is 4.98 Å². The normalized spacial score (nSPS) is 10.2. The summed E-state index contributed by atoms with van der Waals surface area (Å²) >= 11 is 1.68. The van der Waals surface area contributed by atoms with Gasteiger partial charge < -0.3 is 12.7 Å². The summed E-state index contributed by atoms with van der Waals surface area (Å²) < 4.78 is 1.21. The summed E-state index contributed by atoms with van der Waals surface area (Å²) in [6.45, 7) is 5.59. The van der Waals surface area contributed by atoms with Crippen LogP contribution in [0, 0.1) is 12.6 Å². The van der Waals surface area contributed by atoms with Crippen LogP contribution in [0.15, 0.2) is 30.5 Å². The van der Waals surface area contributed by atoms with Crippen LogP contribution in [0.25, 0.3) is 26.4 Å². The van der Waals surface area contributed by atoms with E-state index in [2.05, 4.69) is 23.2 Å².